The van der Waals surface area contributed by atoms with Gasteiger partial charge >= 0.3 is 0 Å². The summed E-state index contributed by atoms with van der Waals surface area (Å²) in [4.78, 5) is 11.0. The zero-order chi connectivity index (χ0) is 17.7. The molecule has 2 unspecified atom stereocenters. The summed E-state index contributed by atoms with van der Waals surface area (Å²) in [7, 11) is 0.428. The third-order valence-electron chi connectivity index (χ3n) is 3.60. The molecule has 128 valence electrons. The molecule has 0 aliphatic carbocycles. The van der Waals surface area contributed by atoms with E-state index in [0.29, 0.717) is 14.4 Å². The molecule has 1 amide bonds. The second-order valence-electron chi connectivity index (χ2n) is 6.07. The van der Waals surface area contributed by atoms with Crippen molar-refractivity contribution in [1.82, 2.24) is 5.09 Å². The van der Waals surface area contributed by atoms with Crippen molar-refractivity contribution in [3.63, 3.8) is 0 Å². The Kier molecular flexibility index (Phi) is 6.82. The highest BCUT2D eigenvalue weighted by atomic mass is 79.9. The number of hydrogen-bond donors (Lipinski definition) is 1. The first-order valence-electron chi connectivity index (χ1n) is 7.91. The fraction of sp³-hybridized carbons (Fsp3) is 0.316. The minimum Gasteiger partial charge on any atom is -0.456 e. The van der Waals surface area contributed by atoms with Gasteiger partial charge in [0.25, 0.3) is 0 Å². The highest BCUT2D eigenvalue weighted by molar-refractivity contribution is 9.10. The lowest BCUT2D eigenvalue weighted by Gasteiger charge is -2.15. The molecule has 0 spiro atoms. The SMILES string of the molecule is CC(=O)NPC(C)Cc1ccc(C)c(Oc2cc(C)ccc2Br)c1. The average molecular weight is 408 g/mol. The number of ether oxygens (including phenoxy) is 1. The normalized spacial score (nSPS) is 12.4. The molecule has 0 radical (unpaired) electrons. The maximum absolute atomic E-state index is 11.0. The first kappa shape index (κ1) is 19.0. The van der Waals surface area contributed by atoms with Crippen LogP contribution in [0.5, 0.6) is 11.5 Å². The van der Waals surface area contributed by atoms with Crippen molar-refractivity contribution >= 4 is 30.6 Å². The number of halogens is 1. The van der Waals surface area contributed by atoms with Gasteiger partial charge in [-0.2, -0.15) is 0 Å². The number of nitrogens with one attached hydrogen (secondary N) is 1. The van der Waals surface area contributed by atoms with Gasteiger partial charge in [-0.15, -0.1) is 0 Å². The Balaban J connectivity index is 2.13. The van der Waals surface area contributed by atoms with Crippen molar-refractivity contribution in [3.8, 4) is 11.5 Å². The van der Waals surface area contributed by atoms with Crippen molar-refractivity contribution in [1.29, 1.82) is 0 Å². The number of amides is 1. The van der Waals surface area contributed by atoms with E-state index in [1.807, 2.05) is 32.0 Å². The fourth-order valence-corrected chi connectivity index (χ4v) is 3.43. The topological polar surface area (TPSA) is 38.3 Å². The molecule has 0 bridgehead atoms. The molecule has 0 saturated heterocycles. The summed E-state index contributed by atoms with van der Waals surface area (Å²) in [6, 6.07) is 12.4. The lowest BCUT2D eigenvalue weighted by molar-refractivity contribution is -0.117. The van der Waals surface area contributed by atoms with Crippen molar-refractivity contribution in [3.05, 3.63) is 57.6 Å². The first-order valence-corrected chi connectivity index (χ1v) is 9.78. The van der Waals surface area contributed by atoms with Gasteiger partial charge in [0, 0.05) is 6.92 Å². The molecule has 24 heavy (non-hydrogen) atoms. The van der Waals surface area contributed by atoms with Gasteiger partial charge in [-0.3, -0.25) is 4.79 Å². The second-order valence-corrected chi connectivity index (χ2v) is 8.45. The number of carbonyl (C=O) groups is 1. The van der Waals surface area contributed by atoms with Gasteiger partial charge in [-0.25, -0.2) is 0 Å². The van der Waals surface area contributed by atoms with E-state index in [4.69, 9.17) is 4.74 Å². The van der Waals surface area contributed by atoms with Gasteiger partial charge in [-0.1, -0.05) is 25.1 Å². The van der Waals surface area contributed by atoms with Crippen LogP contribution in [0.4, 0.5) is 0 Å². The van der Waals surface area contributed by atoms with E-state index in [1.165, 1.54) is 5.56 Å². The summed E-state index contributed by atoms with van der Waals surface area (Å²) >= 11 is 3.54. The van der Waals surface area contributed by atoms with Crippen LogP contribution in [0, 0.1) is 13.8 Å². The van der Waals surface area contributed by atoms with Crippen LogP contribution in [-0.2, 0) is 11.2 Å². The van der Waals surface area contributed by atoms with Crippen LogP contribution >= 0.6 is 24.7 Å². The molecular weight excluding hydrogens is 385 g/mol. The Morgan fingerprint density at radius 3 is 2.67 bits per heavy atom. The lowest BCUT2D eigenvalue weighted by Crippen LogP contribution is -2.14. The van der Waals surface area contributed by atoms with E-state index in [2.05, 4.69) is 46.1 Å². The number of rotatable bonds is 6. The van der Waals surface area contributed by atoms with Crippen molar-refractivity contribution < 1.29 is 9.53 Å². The van der Waals surface area contributed by atoms with Gasteiger partial charge < -0.3 is 9.82 Å². The third-order valence-corrected chi connectivity index (χ3v) is 5.44. The molecule has 0 heterocycles. The predicted molar refractivity (Wildman–Crippen MR) is 105 cm³/mol. The largest absolute Gasteiger partial charge is 0.456 e. The second kappa shape index (κ2) is 8.64. The van der Waals surface area contributed by atoms with E-state index in [9.17, 15) is 4.79 Å². The van der Waals surface area contributed by atoms with Gasteiger partial charge in [0.05, 0.1) is 4.47 Å². The molecule has 0 aliphatic rings. The van der Waals surface area contributed by atoms with E-state index in [1.54, 1.807) is 6.92 Å². The third kappa shape index (κ3) is 5.61. The van der Waals surface area contributed by atoms with Gasteiger partial charge in [0.2, 0.25) is 5.91 Å². The Hall–Kier alpha value is -1.38. The Morgan fingerprint density at radius 1 is 1.21 bits per heavy atom. The number of aryl methyl sites for hydroxylation is 2. The molecule has 2 aromatic rings. The summed E-state index contributed by atoms with van der Waals surface area (Å²) in [6.07, 6.45) is 0.907. The zero-order valence-corrected chi connectivity index (χ0v) is 17.0. The van der Waals surface area contributed by atoms with Crippen LogP contribution in [-0.4, -0.2) is 11.6 Å². The molecule has 0 fully saturated rings. The van der Waals surface area contributed by atoms with Crippen molar-refractivity contribution in [2.24, 2.45) is 0 Å². The molecule has 3 nitrogen and oxygen atoms in total. The minimum absolute atomic E-state index is 0.0254. The molecule has 0 aliphatic heterocycles. The Morgan fingerprint density at radius 2 is 1.96 bits per heavy atom. The zero-order valence-electron chi connectivity index (χ0n) is 14.4. The predicted octanol–water partition coefficient (Wildman–Crippen LogP) is 5.52. The van der Waals surface area contributed by atoms with E-state index >= 15 is 0 Å². The van der Waals surface area contributed by atoms with Gasteiger partial charge in [0.1, 0.15) is 11.5 Å². The molecule has 2 atom stereocenters. The maximum atomic E-state index is 11.0. The Bertz CT molecular complexity index is 733. The molecular formula is C19H23BrNO2P. The summed E-state index contributed by atoms with van der Waals surface area (Å²) in [5.74, 6) is 1.72. The number of hydrogen-bond acceptors (Lipinski definition) is 2. The molecule has 5 heteroatoms. The van der Waals surface area contributed by atoms with Gasteiger partial charge in [0.15, 0.2) is 0 Å². The summed E-state index contributed by atoms with van der Waals surface area (Å²) in [5.41, 5.74) is 3.87. The van der Waals surface area contributed by atoms with Crippen LogP contribution < -0.4 is 9.82 Å². The first-order chi connectivity index (χ1) is 11.3. The smallest absolute Gasteiger partial charge is 0.219 e. The summed E-state index contributed by atoms with van der Waals surface area (Å²) < 4.78 is 7.07. The summed E-state index contributed by atoms with van der Waals surface area (Å²) in [5, 5.41) is 2.90. The standard InChI is InChI=1S/C19H23BrNO2P/c1-12-5-8-17(20)19(9-12)23-18-11-16(7-6-13(18)2)10-14(3)24-21-15(4)22/h5-9,11,14,24H,10H2,1-4H3,(H,21,22). The molecule has 2 rings (SSSR count). The summed E-state index contributed by atoms with van der Waals surface area (Å²) in [6.45, 7) is 7.79. The molecule has 0 saturated carbocycles. The molecule has 0 aromatic heterocycles. The van der Waals surface area contributed by atoms with Gasteiger partial charge in [-0.05, 0) is 85.5 Å². The Labute approximate surface area is 154 Å². The monoisotopic (exact) mass is 407 g/mol. The van der Waals surface area contributed by atoms with Crippen LogP contribution in [0.1, 0.15) is 30.5 Å². The molecule has 1 N–H and O–H groups in total. The minimum atomic E-state index is 0.0254. The van der Waals surface area contributed by atoms with Crippen LogP contribution in [0.3, 0.4) is 0 Å². The van der Waals surface area contributed by atoms with Crippen LogP contribution in [0.15, 0.2) is 40.9 Å². The average Bonchev–Trinajstić information content (AvgIpc) is 2.52. The quantitative estimate of drug-likeness (QED) is 0.640. The molecule has 2 aromatic carbocycles. The number of carbonyl (C=O) groups excluding carboxylic acids is 1. The highest BCUT2D eigenvalue weighted by Gasteiger charge is 2.10. The lowest BCUT2D eigenvalue weighted by atomic mass is 10.1. The fourth-order valence-electron chi connectivity index (χ4n) is 2.32. The highest BCUT2D eigenvalue weighted by Crippen LogP contribution is 2.33. The van der Waals surface area contributed by atoms with Crippen molar-refractivity contribution in [2.45, 2.75) is 39.8 Å². The number of benzene rings is 2. The van der Waals surface area contributed by atoms with Crippen LogP contribution in [0.2, 0.25) is 0 Å². The van der Waals surface area contributed by atoms with Crippen LogP contribution in [0.25, 0.3) is 0 Å². The van der Waals surface area contributed by atoms with Crippen molar-refractivity contribution in [2.75, 3.05) is 0 Å². The maximum Gasteiger partial charge on any atom is 0.219 e. The van der Waals surface area contributed by atoms with E-state index < -0.39 is 0 Å². The van der Waals surface area contributed by atoms with E-state index in [-0.39, 0.29) is 5.91 Å². The van der Waals surface area contributed by atoms with E-state index in [0.717, 1.165) is 33.5 Å².